The average Bonchev–Trinajstić information content (AvgIpc) is 2.85. The number of ether oxygens (including phenoxy) is 2. The van der Waals surface area contributed by atoms with Gasteiger partial charge in [-0.2, -0.15) is 0 Å². The van der Waals surface area contributed by atoms with Crippen LogP contribution in [0.3, 0.4) is 0 Å². The molecule has 0 aliphatic heterocycles. The highest BCUT2D eigenvalue weighted by Crippen LogP contribution is 2.39. The number of hydrogen-bond donors (Lipinski definition) is 0. The number of rotatable bonds is 10. The van der Waals surface area contributed by atoms with Gasteiger partial charge in [-0.1, -0.05) is 62.2 Å². The predicted octanol–water partition coefficient (Wildman–Crippen LogP) is 8.48. The van der Waals surface area contributed by atoms with Gasteiger partial charge in [0.05, 0.1) is 13.2 Å². The lowest BCUT2D eigenvalue weighted by atomic mass is 9.78. The summed E-state index contributed by atoms with van der Waals surface area (Å²) < 4.78 is 54.6. The van der Waals surface area contributed by atoms with Gasteiger partial charge in [-0.05, 0) is 61.1 Å². The molecule has 1 aliphatic rings. The van der Waals surface area contributed by atoms with E-state index in [-0.39, 0.29) is 28.9 Å². The van der Waals surface area contributed by atoms with E-state index in [1.807, 2.05) is 12.1 Å². The van der Waals surface area contributed by atoms with Crippen molar-refractivity contribution in [3.8, 4) is 11.1 Å². The number of benzene rings is 2. The van der Waals surface area contributed by atoms with Crippen LogP contribution in [0.1, 0.15) is 49.7 Å². The van der Waals surface area contributed by atoms with E-state index >= 15 is 0 Å². The first-order valence-electron chi connectivity index (χ1n) is 11.6. The Balaban J connectivity index is 1.57. The first kappa shape index (κ1) is 25.4. The number of allylic oxidation sites excluding steroid dienone is 2. The smallest absolute Gasteiger partial charge is 0.168 e. The van der Waals surface area contributed by atoms with Gasteiger partial charge in [0.1, 0.15) is 11.5 Å². The molecule has 1 aliphatic carbocycles. The van der Waals surface area contributed by atoms with Crippen molar-refractivity contribution >= 4 is 6.08 Å². The highest BCUT2D eigenvalue weighted by atomic mass is 19.2. The van der Waals surface area contributed by atoms with Crippen LogP contribution in [-0.2, 0) is 9.47 Å². The molecule has 0 unspecified atom stereocenters. The standard InChI is InChI=1S/C29H31F3O2/c1-5-21-7-11-23(12-8-21)25-15-16-26(29(32)28(25)31)24-13-9-22(10-14-24)18-34-20(4)27(30)17-19(3)33-6-2/h5,7-8,11-12,15-17,22,24H,1,3-4,6,9-10,13-14,18H2,2H3/b27-17+. The summed E-state index contributed by atoms with van der Waals surface area (Å²) >= 11 is 0. The molecule has 5 heteroatoms. The molecule has 1 fully saturated rings. The quantitative estimate of drug-likeness (QED) is 0.257. The summed E-state index contributed by atoms with van der Waals surface area (Å²) in [7, 11) is 0. The molecule has 0 bridgehead atoms. The van der Waals surface area contributed by atoms with Gasteiger partial charge < -0.3 is 9.47 Å². The van der Waals surface area contributed by atoms with E-state index in [2.05, 4.69) is 19.7 Å². The maximum atomic E-state index is 15.0. The Morgan fingerprint density at radius 3 is 2.26 bits per heavy atom. The van der Waals surface area contributed by atoms with E-state index in [0.717, 1.165) is 24.5 Å². The lowest BCUT2D eigenvalue weighted by Crippen LogP contribution is -2.19. The fraction of sp³-hybridized carbons (Fsp3) is 0.310. The zero-order chi connectivity index (χ0) is 24.7. The predicted molar refractivity (Wildman–Crippen MR) is 132 cm³/mol. The van der Waals surface area contributed by atoms with E-state index in [0.29, 0.717) is 37.2 Å². The summed E-state index contributed by atoms with van der Waals surface area (Å²) in [5, 5.41) is 0. The molecule has 2 aromatic carbocycles. The van der Waals surface area contributed by atoms with Crippen molar-refractivity contribution in [1.29, 1.82) is 0 Å². The second-order valence-corrected chi connectivity index (χ2v) is 8.50. The molecule has 0 heterocycles. The topological polar surface area (TPSA) is 18.5 Å². The Bertz CT molecular complexity index is 1060. The molecule has 0 atom stereocenters. The van der Waals surface area contributed by atoms with Crippen LogP contribution in [0.15, 0.2) is 79.6 Å². The molecular weight excluding hydrogens is 437 g/mol. The minimum atomic E-state index is -0.818. The third kappa shape index (κ3) is 6.22. The van der Waals surface area contributed by atoms with E-state index in [1.54, 1.807) is 37.3 Å². The summed E-state index contributed by atoms with van der Waals surface area (Å²) in [4.78, 5) is 0. The van der Waals surface area contributed by atoms with Gasteiger partial charge in [-0.15, -0.1) is 0 Å². The molecule has 0 N–H and O–H groups in total. The van der Waals surface area contributed by atoms with E-state index in [1.165, 1.54) is 0 Å². The normalized spacial score (nSPS) is 18.3. The summed E-state index contributed by atoms with van der Waals surface area (Å²) in [6.45, 7) is 13.4. The molecule has 0 aromatic heterocycles. The van der Waals surface area contributed by atoms with Gasteiger partial charge >= 0.3 is 0 Å². The largest absolute Gasteiger partial charge is 0.494 e. The monoisotopic (exact) mass is 468 g/mol. The van der Waals surface area contributed by atoms with Gasteiger partial charge in [0.25, 0.3) is 0 Å². The Hall–Kier alpha value is -3.21. The van der Waals surface area contributed by atoms with Crippen LogP contribution in [0.5, 0.6) is 0 Å². The third-order valence-electron chi connectivity index (χ3n) is 6.23. The lowest BCUT2D eigenvalue weighted by Gasteiger charge is -2.29. The molecule has 2 aromatic rings. The average molecular weight is 469 g/mol. The van der Waals surface area contributed by atoms with Crippen molar-refractivity contribution < 1.29 is 22.6 Å². The fourth-order valence-corrected chi connectivity index (χ4v) is 4.28. The number of hydrogen-bond acceptors (Lipinski definition) is 2. The summed E-state index contributed by atoms with van der Waals surface area (Å²) in [5.41, 5.74) is 2.21. The molecule has 1 saturated carbocycles. The minimum absolute atomic E-state index is 0.0581. The van der Waals surface area contributed by atoms with Crippen molar-refractivity contribution in [2.75, 3.05) is 13.2 Å². The van der Waals surface area contributed by atoms with Crippen LogP contribution in [0.25, 0.3) is 17.2 Å². The van der Waals surface area contributed by atoms with Crippen LogP contribution in [-0.4, -0.2) is 13.2 Å². The van der Waals surface area contributed by atoms with E-state index in [4.69, 9.17) is 9.47 Å². The Labute approximate surface area is 200 Å². The Kier molecular flexibility index (Phi) is 8.80. The van der Waals surface area contributed by atoms with Crippen molar-refractivity contribution in [2.24, 2.45) is 5.92 Å². The Morgan fingerprint density at radius 1 is 0.971 bits per heavy atom. The molecule has 180 valence electrons. The second-order valence-electron chi connectivity index (χ2n) is 8.50. The molecule has 2 nitrogen and oxygen atoms in total. The maximum Gasteiger partial charge on any atom is 0.168 e. The summed E-state index contributed by atoms with van der Waals surface area (Å²) in [6, 6.07) is 10.5. The molecule has 0 amide bonds. The molecular formula is C29H31F3O2. The molecule has 0 spiro atoms. The van der Waals surface area contributed by atoms with Crippen LogP contribution in [0.2, 0.25) is 0 Å². The van der Waals surface area contributed by atoms with Crippen LogP contribution >= 0.6 is 0 Å². The molecule has 34 heavy (non-hydrogen) atoms. The fourth-order valence-electron chi connectivity index (χ4n) is 4.28. The van der Waals surface area contributed by atoms with Crippen molar-refractivity contribution in [1.82, 2.24) is 0 Å². The number of halogens is 3. The lowest BCUT2D eigenvalue weighted by molar-refractivity contribution is 0.136. The van der Waals surface area contributed by atoms with E-state index in [9.17, 15) is 13.2 Å². The van der Waals surface area contributed by atoms with Crippen molar-refractivity contribution in [3.05, 3.63) is 102 Å². The third-order valence-corrected chi connectivity index (χ3v) is 6.23. The highest BCUT2D eigenvalue weighted by molar-refractivity contribution is 5.66. The first-order chi connectivity index (χ1) is 16.3. The zero-order valence-electron chi connectivity index (χ0n) is 19.6. The minimum Gasteiger partial charge on any atom is -0.494 e. The van der Waals surface area contributed by atoms with Gasteiger partial charge in [-0.3, -0.25) is 0 Å². The summed E-state index contributed by atoms with van der Waals surface area (Å²) in [5.74, 6) is -1.93. The van der Waals surface area contributed by atoms with Gasteiger partial charge in [0.15, 0.2) is 17.5 Å². The second kappa shape index (κ2) is 11.8. The Morgan fingerprint density at radius 2 is 1.65 bits per heavy atom. The van der Waals surface area contributed by atoms with E-state index < -0.39 is 17.5 Å². The maximum absolute atomic E-state index is 15.0. The molecule has 0 radical (unpaired) electrons. The molecule has 0 saturated heterocycles. The van der Waals surface area contributed by atoms with Gasteiger partial charge in [0, 0.05) is 11.6 Å². The molecule has 3 rings (SSSR count). The summed E-state index contributed by atoms with van der Waals surface area (Å²) in [6.07, 6.45) is 5.83. The van der Waals surface area contributed by atoms with Gasteiger partial charge in [-0.25, -0.2) is 13.2 Å². The van der Waals surface area contributed by atoms with Crippen molar-refractivity contribution in [3.63, 3.8) is 0 Å². The highest BCUT2D eigenvalue weighted by Gasteiger charge is 2.27. The van der Waals surface area contributed by atoms with Crippen LogP contribution < -0.4 is 0 Å². The van der Waals surface area contributed by atoms with Crippen LogP contribution in [0.4, 0.5) is 13.2 Å². The SMILES string of the molecule is C=Cc1ccc(-c2ccc(C3CCC(COC(=C)/C(F)=C\C(=C)OCC)CC3)c(F)c2F)cc1. The van der Waals surface area contributed by atoms with Gasteiger partial charge in [0.2, 0.25) is 0 Å². The van der Waals surface area contributed by atoms with Crippen molar-refractivity contribution in [2.45, 2.75) is 38.5 Å². The van der Waals surface area contributed by atoms with Crippen LogP contribution in [0, 0.1) is 17.6 Å². The zero-order valence-corrected chi connectivity index (χ0v) is 19.6. The first-order valence-corrected chi connectivity index (χ1v) is 11.6.